The summed E-state index contributed by atoms with van der Waals surface area (Å²) in [7, 11) is 0. The zero-order valence-corrected chi connectivity index (χ0v) is 4.63. The van der Waals surface area contributed by atoms with Crippen molar-refractivity contribution in [2.45, 2.75) is 11.8 Å². The lowest BCUT2D eigenvalue weighted by molar-refractivity contribution is -0.173. The summed E-state index contributed by atoms with van der Waals surface area (Å²) in [6.45, 7) is 0. The van der Waals surface area contributed by atoms with Crippen LogP contribution in [0.25, 0.3) is 0 Å². The van der Waals surface area contributed by atoms with Crippen molar-refractivity contribution in [3.8, 4) is 0 Å². The third-order valence-electron chi connectivity index (χ3n) is 0.478. The third kappa shape index (κ3) is 2.64. The summed E-state index contributed by atoms with van der Waals surface area (Å²) < 4.78 is 44.4. The molecule has 0 radical (unpaired) electrons. The van der Waals surface area contributed by atoms with Crippen molar-refractivity contribution < 1.29 is 22.4 Å². The molecule has 6 heteroatoms. The van der Waals surface area contributed by atoms with E-state index in [1.54, 1.807) is 0 Å². The van der Waals surface area contributed by atoms with Gasteiger partial charge in [0.1, 0.15) is 0 Å². The van der Waals surface area contributed by atoms with Crippen LogP contribution in [0.3, 0.4) is 0 Å². The lowest BCUT2D eigenvalue weighted by atomic mass is 10.4. The van der Waals surface area contributed by atoms with Crippen molar-refractivity contribution in [2.24, 2.45) is 0 Å². The molecular weight excluding hydrogens is 163 g/mol. The number of hydrogen-bond donors (Lipinski definition) is 0. The van der Waals surface area contributed by atoms with Crippen LogP contribution in [0.4, 0.5) is 17.6 Å². The molecule has 0 aliphatic heterocycles. The Morgan fingerprint density at radius 3 is 1.78 bits per heavy atom. The molecule has 0 saturated heterocycles. The monoisotopic (exact) mass is 164 g/mol. The van der Waals surface area contributed by atoms with Crippen LogP contribution in [0, 0.1) is 0 Å². The number of carbonyl (C=O) groups excluding carboxylic acids is 1. The van der Waals surface area contributed by atoms with Gasteiger partial charge in [-0.2, -0.15) is 13.2 Å². The second-order valence-electron chi connectivity index (χ2n) is 1.16. The molecule has 1 nitrogen and oxygen atoms in total. The number of carbonyl (C=O) groups is 1. The quantitative estimate of drug-likeness (QED) is 0.425. The van der Waals surface area contributed by atoms with Crippen LogP contribution in [0.15, 0.2) is 0 Å². The van der Waals surface area contributed by atoms with Crippen LogP contribution in [0.2, 0.25) is 0 Å². The van der Waals surface area contributed by atoms with Crippen molar-refractivity contribution in [3.05, 3.63) is 0 Å². The molecule has 0 bridgehead atoms. The molecule has 54 valence electrons. The Morgan fingerprint density at radius 1 is 1.44 bits per heavy atom. The van der Waals surface area contributed by atoms with Gasteiger partial charge in [-0.3, -0.25) is 4.79 Å². The van der Waals surface area contributed by atoms with Gasteiger partial charge >= 0.3 is 6.18 Å². The summed E-state index contributed by atoms with van der Waals surface area (Å²) in [4.78, 5) is 9.53. The second-order valence-corrected chi connectivity index (χ2v) is 1.55. The van der Waals surface area contributed by atoms with Gasteiger partial charge in [0.15, 0.2) is 0 Å². The van der Waals surface area contributed by atoms with Crippen LogP contribution < -0.4 is 0 Å². The molecule has 1 atom stereocenters. The maximum atomic E-state index is 11.3. The number of ketones is 1. The Hall–Kier alpha value is -0.320. The summed E-state index contributed by atoms with van der Waals surface area (Å²) >= 11 is 4.18. The molecule has 0 heterocycles. The third-order valence-corrected chi connectivity index (χ3v) is 0.676. The molecule has 0 N–H and O–H groups in total. The minimum atomic E-state index is -5.17. The minimum absolute atomic E-state index is 2.57. The molecule has 0 aromatic rings. The summed E-state index contributed by atoms with van der Waals surface area (Å²) in [6, 6.07) is 0. The average Bonchev–Trinajstić information content (AvgIpc) is 1.62. The molecule has 0 aliphatic rings. The first kappa shape index (κ1) is 8.68. The Bertz CT molecular complexity index is 117. The highest BCUT2D eigenvalue weighted by molar-refractivity contribution is 6.30. The lowest BCUT2D eigenvalue weighted by Crippen LogP contribution is -2.28. The van der Waals surface area contributed by atoms with E-state index in [4.69, 9.17) is 0 Å². The van der Waals surface area contributed by atoms with Crippen LogP contribution in [-0.4, -0.2) is 17.6 Å². The molecule has 0 amide bonds. The fourth-order valence-corrected chi connectivity index (χ4v) is 0.247. The molecular formula is C3HClF4O. The van der Waals surface area contributed by atoms with Gasteiger partial charge in [-0.05, 0) is 0 Å². The molecule has 1 unspecified atom stereocenters. The van der Waals surface area contributed by atoms with Gasteiger partial charge in [0.05, 0.1) is 0 Å². The molecule has 0 aromatic heterocycles. The van der Waals surface area contributed by atoms with Crippen molar-refractivity contribution in [1.29, 1.82) is 0 Å². The highest BCUT2D eigenvalue weighted by Crippen LogP contribution is 2.20. The van der Waals surface area contributed by atoms with E-state index < -0.39 is 17.6 Å². The molecule has 0 aliphatic carbocycles. The van der Waals surface area contributed by atoms with Crippen LogP contribution >= 0.6 is 11.6 Å². The topological polar surface area (TPSA) is 17.1 Å². The normalized spacial score (nSPS) is 15.2. The fourth-order valence-electron chi connectivity index (χ4n) is 0.124. The standard InChI is InChI=1S/C3HClF4O/c4-2(5)1(9)3(6,7)8/h2H. The van der Waals surface area contributed by atoms with Gasteiger partial charge < -0.3 is 0 Å². The molecule has 9 heavy (non-hydrogen) atoms. The summed E-state index contributed by atoms with van der Waals surface area (Å²) in [5.74, 6) is -2.57. The predicted octanol–water partition coefficient (Wildman–Crippen LogP) is 1.65. The number of alkyl halides is 5. The van der Waals surface area contributed by atoms with Crippen molar-refractivity contribution in [2.75, 3.05) is 0 Å². The van der Waals surface area contributed by atoms with Gasteiger partial charge in [-0.15, -0.1) is 0 Å². The predicted molar refractivity (Wildman–Crippen MR) is 21.8 cm³/mol. The molecule has 0 fully saturated rings. The molecule has 0 saturated carbocycles. The molecule has 0 rings (SSSR count). The van der Waals surface area contributed by atoms with Crippen molar-refractivity contribution in [3.63, 3.8) is 0 Å². The van der Waals surface area contributed by atoms with E-state index in [0.29, 0.717) is 0 Å². The van der Waals surface area contributed by atoms with Gasteiger partial charge in [-0.1, -0.05) is 11.6 Å². The highest BCUT2D eigenvalue weighted by atomic mass is 35.5. The SMILES string of the molecule is O=C(C(F)Cl)C(F)(F)F. The zero-order chi connectivity index (χ0) is 7.65. The van der Waals surface area contributed by atoms with Crippen molar-refractivity contribution in [1.82, 2.24) is 0 Å². The second kappa shape index (κ2) is 2.51. The van der Waals surface area contributed by atoms with Crippen LogP contribution in [-0.2, 0) is 4.79 Å². The van der Waals surface area contributed by atoms with Gasteiger partial charge in [0, 0.05) is 0 Å². The van der Waals surface area contributed by atoms with E-state index in [2.05, 4.69) is 11.6 Å². The Morgan fingerprint density at radius 2 is 1.78 bits per heavy atom. The van der Waals surface area contributed by atoms with Crippen molar-refractivity contribution >= 4 is 17.4 Å². The van der Waals surface area contributed by atoms with Crippen LogP contribution in [0.5, 0.6) is 0 Å². The van der Waals surface area contributed by atoms with Gasteiger partial charge in [-0.25, -0.2) is 4.39 Å². The largest absolute Gasteiger partial charge is 0.454 e. The van der Waals surface area contributed by atoms with E-state index in [1.165, 1.54) is 0 Å². The van der Waals surface area contributed by atoms with E-state index >= 15 is 0 Å². The first-order chi connectivity index (χ1) is 3.85. The number of hydrogen-bond acceptors (Lipinski definition) is 1. The molecule has 0 spiro atoms. The van der Waals surface area contributed by atoms with Crippen LogP contribution in [0.1, 0.15) is 0 Å². The fraction of sp³-hybridized carbons (Fsp3) is 0.667. The maximum Gasteiger partial charge on any atom is 0.454 e. The Labute approximate surface area is 52.6 Å². The van der Waals surface area contributed by atoms with Gasteiger partial charge in [0.25, 0.3) is 5.78 Å². The number of Topliss-reactive ketones (excluding diaryl/α,β-unsaturated/α-hetero) is 1. The first-order valence-corrected chi connectivity index (χ1v) is 2.18. The summed E-state index contributed by atoms with van der Waals surface area (Å²) in [5, 5.41) is 0. The lowest BCUT2D eigenvalue weighted by Gasteiger charge is -2.02. The minimum Gasteiger partial charge on any atom is -0.285 e. The van der Waals surface area contributed by atoms with E-state index in [-0.39, 0.29) is 0 Å². The average molecular weight is 164 g/mol. The number of rotatable bonds is 1. The Kier molecular flexibility index (Phi) is 2.42. The highest BCUT2D eigenvalue weighted by Gasteiger charge is 2.43. The number of halogens is 5. The smallest absolute Gasteiger partial charge is 0.285 e. The van der Waals surface area contributed by atoms with Gasteiger partial charge in [0.2, 0.25) is 5.63 Å². The maximum absolute atomic E-state index is 11.3. The van der Waals surface area contributed by atoms with E-state index in [9.17, 15) is 22.4 Å². The molecule has 0 aromatic carbocycles. The van der Waals surface area contributed by atoms with E-state index in [1.807, 2.05) is 0 Å². The summed E-state index contributed by atoms with van der Waals surface area (Å²) in [5.41, 5.74) is -2.98. The zero-order valence-electron chi connectivity index (χ0n) is 3.88. The van der Waals surface area contributed by atoms with E-state index in [0.717, 1.165) is 0 Å². The first-order valence-electron chi connectivity index (χ1n) is 1.75. The summed E-state index contributed by atoms with van der Waals surface area (Å²) in [6.07, 6.45) is -5.17. The Balaban J connectivity index is 4.06.